The number of pyridine rings is 1. The first kappa shape index (κ1) is 12.4. The number of nitrogen functional groups attached to an aromatic ring is 1. The maximum atomic E-state index is 9.45. The molecule has 18 heavy (non-hydrogen) atoms. The zero-order valence-electron chi connectivity index (χ0n) is 10.3. The van der Waals surface area contributed by atoms with Crippen LogP contribution in [0.15, 0.2) is 42.5 Å². The zero-order chi connectivity index (χ0) is 13.0. The van der Waals surface area contributed by atoms with Gasteiger partial charge in [-0.1, -0.05) is 30.3 Å². The third-order valence-corrected chi connectivity index (χ3v) is 2.83. The van der Waals surface area contributed by atoms with Gasteiger partial charge in [-0.2, -0.15) is 0 Å². The summed E-state index contributed by atoms with van der Waals surface area (Å²) in [5.41, 5.74) is 8.20. The normalized spacial score (nSPS) is 12.1. The van der Waals surface area contributed by atoms with Crippen LogP contribution in [0.2, 0.25) is 0 Å². The minimum absolute atomic E-state index is 0.00905. The Morgan fingerprint density at radius 3 is 2.56 bits per heavy atom. The van der Waals surface area contributed by atoms with E-state index in [0.29, 0.717) is 11.5 Å². The van der Waals surface area contributed by atoms with Gasteiger partial charge in [0.15, 0.2) is 0 Å². The number of hydrogen-bond donors (Lipinski definition) is 3. The molecule has 1 atom stereocenters. The molecule has 0 saturated heterocycles. The Morgan fingerprint density at radius 1 is 1.22 bits per heavy atom. The van der Waals surface area contributed by atoms with Gasteiger partial charge in [0.05, 0.1) is 24.0 Å². The third kappa shape index (κ3) is 2.78. The molecule has 0 fully saturated rings. The molecule has 0 amide bonds. The van der Waals surface area contributed by atoms with E-state index in [1.807, 2.05) is 49.4 Å². The lowest BCUT2D eigenvalue weighted by atomic mass is 10.1. The van der Waals surface area contributed by atoms with Crippen molar-refractivity contribution in [1.29, 1.82) is 0 Å². The lowest BCUT2D eigenvalue weighted by Gasteiger charge is -2.17. The van der Waals surface area contributed by atoms with Crippen molar-refractivity contribution in [2.24, 2.45) is 0 Å². The summed E-state index contributed by atoms with van der Waals surface area (Å²) in [5.74, 6) is 0.713. The molecule has 4 heteroatoms. The molecule has 0 radical (unpaired) electrons. The van der Waals surface area contributed by atoms with Gasteiger partial charge >= 0.3 is 0 Å². The summed E-state index contributed by atoms with van der Waals surface area (Å²) < 4.78 is 0. The number of benzene rings is 1. The molecule has 0 aliphatic rings. The van der Waals surface area contributed by atoms with E-state index >= 15 is 0 Å². The molecule has 1 aromatic heterocycles. The van der Waals surface area contributed by atoms with Crippen molar-refractivity contribution < 1.29 is 5.11 Å². The highest BCUT2D eigenvalue weighted by Crippen LogP contribution is 2.19. The van der Waals surface area contributed by atoms with Crippen LogP contribution in [0.25, 0.3) is 0 Å². The van der Waals surface area contributed by atoms with Crippen molar-refractivity contribution in [2.75, 3.05) is 17.7 Å². The predicted molar refractivity (Wildman–Crippen MR) is 73.3 cm³/mol. The quantitative estimate of drug-likeness (QED) is 0.769. The number of rotatable bonds is 4. The zero-order valence-corrected chi connectivity index (χ0v) is 10.3. The lowest BCUT2D eigenvalue weighted by molar-refractivity contribution is 0.276. The molecular formula is C14H17N3O. The van der Waals surface area contributed by atoms with Gasteiger partial charge in [0.1, 0.15) is 5.82 Å². The van der Waals surface area contributed by atoms with Crippen LogP contribution < -0.4 is 11.1 Å². The topological polar surface area (TPSA) is 71.2 Å². The molecule has 0 aliphatic heterocycles. The van der Waals surface area contributed by atoms with Crippen molar-refractivity contribution in [1.82, 2.24) is 4.98 Å². The van der Waals surface area contributed by atoms with Crippen LogP contribution in [-0.4, -0.2) is 16.7 Å². The molecule has 0 spiro atoms. The average molecular weight is 243 g/mol. The Balaban J connectivity index is 2.18. The maximum absolute atomic E-state index is 9.45. The third-order valence-electron chi connectivity index (χ3n) is 2.83. The van der Waals surface area contributed by atoms with Crippen molar-refractivity contribution in [3.63, 3.8) is 0 Å². The van der Waals surface area contributed by atoms with Crippen LogP contribution in [0.3, 0.4) is 0 Å². The van der Waals surface area contributed by atoms with Gasteiger partial charge in [-0.25, -0.2) is 4.98 Å². The summed E-state index contributed by atoms with van der Waals surface area (Å²) in [6, 6.07) is 13.2. The molecule has 1 aromatic carbocycles. The van der Waals surface area contributed by atoms with E-state index in [4.69, 9.17) is 5.73 Å². The van der Waals surface area contributed by atoms with Gasteiger partial charge in [-0.05, 0) is 24.6 Å². The molecule has 4 nitrogen and oxygen atoms in total. The van der Waals surface area contributed by atoms with E-state index in [2.05, 4.69) is 10.3 Å². The number of anilines is 2. The highest BCUT2D eigenvalue weighted by molar-refractivity contribution is 5.50. The Labute approximate surface area is 106 Å². The van der Waals surface area contributed by atoms with Gasteiger partial charge in [0.25, 0.3) is 0 Å². The smallest absolute Gasteiger partial charge is 0.126 e. The fourth-order valence-corrected chi connectivity index (χ4v) is 1.75. The fraction of sp³-hybridized carbons (Fsp3) is 0.214. The number of nitrogens with one attached hydrogen (secondary N) is 1. The van der Waals surface area contributed by atoms with Gasteiger partial charge in [0.2, 0.25) is 0 Å². The van der Waals surface area contributed by atoms with E-state index in [1.165, 1.54) is 0 Å². The lowest BCUT2D eigenvalue weighted by Crippen LogP contribution is -2.15. The summed E-state index contributed by atoms with van der Waals surface area (Å²) in [6.07, 6.45) is 0. The van der Waals surface area contributed by atoms with Crippen LogP contribution in [-0.2, 0) is 0 Å². The summed E-state index contributed by atoms with van der Waals surface area (Å²) in [6.45, 7) is 1.87. The minimum atomic E-state index is -0.165. The Hall–Kier alpha value is -2.07. The number of aryl methyl sites for hydroxylation is 1. The van der Waals surface area contributed by atoms with Crippen LogP contribution in [0, 0.1) is 6.92 Å². The van der Waals surface area contributed by atoms with Gasteiger partial charge in [-0.15, -0.1) is 0 Å². The van der Waals surface area contributed by atoms with Crippen molar-refractivity contribution >= 4 is 11.5 Å². The molecule has 0 bridgehead atoms. The molecule has 0 aliphatic carbocycles. The number of aliphatic hydroxyl groups is 1. The largest absolute Gasteiger partial charge is 0.397 e. The number of nitrogens with two attached hydrogens (primary N) is 1. The summed E-state index contributed by atoms with van der Waals surface area (Å²) >= 11 is 0. The van der Waals surface area contributed by atoms with E-state index in [0.717, 1.165) is 11.3 Å². The van der Waals surface area contributed by atoms with E-state index in [-0.39, 0.29) is 12.6 Å². The van der Waals surface area contributed by atoms with Crippen molar-refractivity contribution in [2.45, 2.75) is 13.0 Å². The maximum Gasteiger partial charge on any atom is 0.126 e. The monoisotopic (exact) mass is 243 g/mol. The fourth-order valence-electron chi connectivity index (χ4n) is 1.75. The second-order valence-corrected chi connectivity index (χ2v) is 4.16. The first-order chi connectivity index (χ1) is 8.70. The number of aromatic nitrogens is 1. The molecule has 2 aromatic rings. The van der Waals surface area contributed by atoms with Crippen molar-refractivity contribution in [3.8, 4) is 0 Å². The van der Waals surface area contributed by atoms with E-state index in [1.54, 1.807) is 0 Å². The molecule has 4 N–H and O–H groups in total. The minimum Gasteiger partial charge on any atom is -0.397 e. The molecule has 1 heterocycles. The van der Waals surface area contributed by atoms with Gasteiger partial charge < -0.3 is 16.2 Å². The summed E-state index contributed by atoms with van der Waals surface area (Å²) in [7, 11) is 0. The van der Waals surface area contributed by atoms with E-state index < -0.39 is 0 Å². The predicted octanol–water partition coefficient (Wildman–Crippen LogP) is 2.12. The second kappa shape index (κ2) is 5.51. The molecule has 0 saturated carbocycles. The van der Waals surface area contributed by atoms with Crippen molar-refractivity contribution in [3.05, 3.63) is 53.7 Å². The van der Waals surface area contributed by atoms with Gasteiger partial charge in [0, 0.05) is 0 Å². The Bertz CT molecular complexity index is 514. The number of aliphatic hydroxyl groups excluding tert-OH is 1. The molecule has 94 valence electrons. The molecule has 1 unspecified atom stereocenters. The van der Waals surface area contributed by atoms with Crippen LogP contribution in [0.1, 0.15) is 17.3 Å². The molecular weight excluding hydrogens is 226 g/mol. The summed E-state index contributed by atoms with van der Waals surface area (Å²) in [5, 5.41) is 12.6. The first-order valence-corrected chi connectivity index (χ1v) is 5.86. The summed E-state index contributed by atoms with van der Waals surface area (Å²) in [4.78, 5) is 4.34. The highest BCUT2D eigenvalue weighted by Gasteiger charge is 2.10. The average Bonchev–Trinajstić information content (AvgIpc) is 2.41. The first-order valence-electron chi connectivity index (χ1n) is 5.86. The van der Waals surface area contributed by atoms with Gasteiger partial charge in [-0.3, -0.25) is 0 Å². The number of hydrogen-bond acceptors (Lipinski definition) is 4. The second-order valence-electron chi connectivity index (χ2n) is 4.16. The van der Waals surface area contributed by atoms with Crippen LogP contribution >= 0.6 is 0 Å². The Kier molecular flexibility index (Phi) is 3.79. The van der Waals surface area contributed by atoms with E-state index in [9.17, 15) is 5.11 Å². The van der Waals surface area contributed by atoms with Crippen LogP contribution in [0.4, 0.5) is 11.5 Å². The van der Waals surface area contributed by atoms with Crippen LogP contribution in [0.5, 0.6) is 0 Å². The SMILES string of the molecule is Cc1nc(NC(CO)c2ccccc2)ccc1N. The number of nitrogens with zero attached hydrogens (tertiary/aromatic N) is 1. The highest BCUT2D eigenvalue weighted by atomic mass is 16.3. The Morgan fingerprint density at radius 2 is 1.94 bits per heavy atom. The molecule has 2 rings (SSSR count). The standard InChI is InChI=1S/C14H17N3O/c1-10-12(15)7-8-14(16-10)17-13(9-18)11-5-3-2-4-6-11/h2-8,13,18H,9,15H2,1H3,(H,16,17).